The van der Waals surface area contributed by atoms with E-state index in [2.05, 4.69) is 10.6 Å². The fraction of sp³-hybridized carbons (Fsp3) is 0.133. The summed E-state index contributed by atoms with van der Waals surface area (Å²) in [5, 5.41) is 16.4. The summed E-state index contributed by atoms with van der Waals surface area (Å²) >= 11 is 11.8. The summed E-state index contributed by atoms with van der Waals surface area (Å²) < 4.78 is 0. The lowest BCUT2D eigenvalue weighted by molar-refractivity contribution is -0.114. The number of aromatic hydroxyl groups is 1. The number of rotatable bonds is 4. The van der Waals surface area contributed by atoms with Crippen LogP contribution in [0.4, 0.5) is 11.4 Å². The zero-order chi connectivity index (χ0) is 15.4. The first-order valence-electron chi connectivity index (χ1n) is 6.24. The summed E-state index contributed by atoms with van der Waals surface area (Å²) in [6.07, 6.45) is 0. The van der Waals surface area contributed by atoms with Crippen molar-refractivity contribution in [2.24, 2.45) is 0 Å². The zero-order valence-corrected chi connectivity index (χ0v) is 12.8. The van der Waals surface area contributed by atoms with E-state index in [4.69, 9.17) is 23.2 Å². The summed E-state index contributed by atoms with van der Waals surface area (Å²) in [4.78, 5) is 10.9. The molecule has 3 N–H and O–H groups in total. The highest BCUT2D eigenvalue weighted by atomic mass is 35.5. The predicted octanol–water partition coefficient (Wildman–Crippen LogP) is 4.27. The van der Waals surface area contributed by atoms with Gasteiger partial charge in [-0.1, -0.05) is 23.2 Å². The van der Waals surface area contributed by atoms with Gasteiger partial charge in [0.15, 0.2) is 0 Å². The van der Waals surface area contributed by atoms with Crippen LogP contribution in [0, 0.1) is 0 Å². The topological polar surface area (TPSA) is 61.4 Å². The third kappa shape index (κ3) is 4.28. The van der Waals surface area contributed by atoms with Gasteiger partial charge in [-0.2, -0.15) is 0 Å². The lowest BCUT2D eigenvalue weighted by atomic mass is 10.2. The Hall–Kier alpha value is -1.91. The van der Waals surface area contributed by atoms with Crippen LogP contribution in [0.3, 0.4) is 0 Å². The molecule has 4 nitrogen and oxygen atoms in total. The molecule has 2 aromatic rings. The Labute approximate surface area is 132 Å². The van der Waals surface area contributed by atoms with E-state index in [9.17, 15) is 9.90 Å². The molecule has 0 fully saturated rings. The van der Waals surface area contributed by atoms with Gasteiger partial charge in [0, 0.05) is 35.4 Å². The third-order valence-corrected chi connectivity index (χ3v) is 3.30. The molecule has 0 atom stereocenters. The van der Waals surface area contributed by atoms with Gasteiger partial charge in [0.2, 0.25) is 5.91 Å². The molecule has 0 unspecified atom stereocenters. The molecular weight excluding hydrogens is 311 g/mol. The molecule has 1 amide bonds. The molecule has 2 aromatic carbocycles. The number of phenolic OH excluding ortho intramolecular Hbond substituents is 1. The molecule has 110 valence electrons. The van der Waals surface area contributed by atoms with Crippen molar-refractivity contribution in [1.29, 1.82) is 0 Å². The van der Waals surface area contributed by atoms with Gasteiger partial charge < -0.3 is 15.7 Å². The maximum absolute atomic E-state index is 10.9. The number of anilines is 2. The van der Waals surface area contributed by atoms with E-state index in [0.717, 1.165) is 11.4 Å². The number of benzene rings is 2. The number of hydrogen-bond donors (Lipinski definition) is 3. The van der Waals surface area contributed by atoms with Crippen molar-refractivity contribution in [3.63, 3.8) is 0 Å². The van der Waals surface area contributed by atoms with Crippen molar-refractivity contribution in [3.05, 3.63) is 52.0 Å². The van der Waals surface area contributed by atoms with Crippen LogP contribution in [0.25, 0.3) is 0 Å². The van der Waals surface area contributed by atoms with E-state index in [1.807, 2.05) is 12.1 Å². The highest BCUT2D eigenvalue weighted by Gasteiger charge is 2.07. The minimum absolute atomic E-state index is 0.0171. The van der Waals surface area contributed by atoms with Gasteiger partial charge in [-0.15, -0.1) is 0 Å². The van der Waals surface area contributed by atoms with E-state index >= 15 is 0 Å². The number of carbonyl (C=O) groups excluding carboxylic acids is 1. The second kappa shape index (κ2) is 6.70. The SMILES string of the molecule is CC(=O)Nc1ccc(NCc2cc(Cl)cc(Cl)c2O)cc1. The molecule has 0 radical (unpaired) electrons. The van der Waals surface area contributed by atoms with E-state index in [0.29, 0.717) is 17.1 Å². The first kappa shape index (κ1) is 15.5. The fourth-order valence-electron chi connectivity index (χ4n) is 1.83. The molecule has 0 saturated heterocycles. The monoisotopic (exact) mass is 324 g/mol. The second-order valence-corrected chi connectivity index (χ2v) is 5.35. The maximum Gasteiger partial charge on any atom is 0.221 e. The second-order valence-electron chi connectivity index (χ2n) is 4.51. The molecule has 0 bridgehead atoms. The number of halogens is 2. The van der Waals surface area contributed by atoms with Crippen LogP contribution in [0.15, 0.2) is 36.4 Å². The summed E-state index contributed by atoms with van der Waals surface area (Å²) in [6, 6.07) is 10.4. The number of phenols is 1. The predicted molar refractivity (Wildman–Crippen MR) is 86.2 cm³/mol. The zero-order valence-electron chi connectivity index (χ0n) is 11.3. The van der Waals surface area contributed by atoms with Crippen molar-refractivity contribution in [2.75, 3.05) is 10.6 Å². The highest BCUT2D eigenvalue weighted by molar-refractivity contribution is 6.35. The number of amides is 1. The molecule has 0 aromatic heterocycles. The van der Waals surface area contributed by atoms with E-state index < -0.39 is 0 Å². The van der Waals surface area contributed by atoms with Crippen LogP contribution in [0.1, 0.15) is 12.5 Å². The minimum atomic E-state index is -0.116. The Balaban J connectivity index is 2.05. The number of nitrogens with one attached hydrogen (secondary N) is 2. The van der Waals surface area contributed by atoms with Crippen LogP contribution in [0.2, 0.25) is 10.0 Å². The van der Waals surface area contributed by atoms with Crippen molar-refractivity contribution in [3.8, 4) is 5.75 Å². The summed E-state index contributed by atoms with van der Waals surface area (Å²) in [6.45, 7) is 1.84. The molecule has 0 spiro atoms. The average Bonchev–Trinajstić information content (AvgIpc) is 2.42. The molecular formula is C15H14Cl2N2O2. The van der Waals surface area contributed by atoms with Gasteiger partial charge in [-0.3, -0.25) is 4.79 Å². The van der Waals surface area contributed by atoms with Gasteiger partial charge in [0.25, 0.3) is 0 Å². The maximum atomic E-state index is 10.9. The average molecular weight is 325 g/mol. The van der Waals surface area contributed by atoms with E-state index in [1.54, 1.807) is 18.2 Å². The van der Waals surface area contributed by atoms with Gasteiger partial charge in [-0.25, -0.2) is 0 Å². The van der Waals surface area contributed by atoms with Gasteiger partial charge >= 0.3 is 0 Å². The quantitative estimate of drug-likeness (QED) is 0.787. The molecule has 2 rings (SSSR count). The van der Waals surface area contributed by atoms with Gasteiger partial charge in [0.1, 0.15) is 5.75 Å². The first-order valence-corrected chi connectivity index (χ1v) is 6.99. The molecule has 0 saturated carbocycles. The fourth-order valence-corrected chi connectivity index (χ4v) is 2.36. The van der Waals surface area contributed by atoms with Crippen LogP contribution < -0.4 is 10.6 Å². The molecule has 0 aliphatic carbocycles. The lowest BCUT2D eigenvalue weighted by Gasteiger charge is -2.10. The van der Waals surface area contributed by atoms with Gasteiger partial charge in [0.05, 0.1) is 5.02 Å². The molecule has 0 aliphatic rings. The first-order chi connectivity index (χ1) is 9.95. The van der Waals surface area contributed by atoms with Gasteiger partial charge in [-0.05, 0) is 36.4 Å². The molecule has 6 heteroatoms. The Kier molecular flexibility index (Phi) is 4.94. The lowest BCUT2D eigenvalue weighted by Crippen LogP contribution is -2.05. The summed E-state index contributed by atoms with van der Waals surface area (Å²) in [7, 11) is 0. The summed E-state index contributed by atoms with van der Waals surface area (Å²) in [5.41, 5.74) is 2.18. The third-order valence-electron chi connectivity index (χ3n) is 2.80. The largest absolute Gasteiger partial charge is 0.506 e. The van der Waals surface area contributed by atoms with Crippen LogP contribution in [0.5, 0.6) is 5.75 Å². The minimum Gasteiger partial charge on any atom is -0.506 e. The van der Waals surface area contributed by atoms with Crippen molar-refractivity contribution in [1.82, 2.24) is 0 Å². The van der Waals surface area contributed by atoms with Crippen LogP contribution in [-0.4, -0.2) is 11.0 Å². The van der Waals surface area contributed by atoms with Crippen LogP contribution >= 0.6 is 23.2 Å². The Morgan fingerprint density at radius 3 is 2.38 bits per heavy atom. The molecule has 0 aliphatic heterocycles. The van der Waals surface area contributed by atoms with Crippen molar-refractivity contribution in [2.45, 2.75) is 13.5 Å². The molecule has 0 heterocycles. The number of carbonyl (C=O) groups is 1. The normalized spacial score (nSPS) is 10.2. The Morgan fingerprint density at radius 1 is 1.14 bits per heavy atom. The summed E-state index contributed by atoms with van der Waals surface area (Å²) in [5.74, 6) is -0.0994. The smallest absolute Gasteiger partial charge is 0.221 e. The number of hydrogen-bond acceptors (Lipinski definition) is 3. The highest BCUT2D eigenvalue weighted by Crippen LogP contribution is 2.31. The Morgan fingerprint density at radius 2 is 1.76 bits per heavy atom. The Bertz CT molecular complexity index is 657. The van der Waals surface area contributed by atoms with Crippen molar-refractivity contribution < 1.29 is 9.90 Å². The van der Waals surface area contributed by atoms with Crippen molar-refractivity contribution >= 4 is 40.5 Å². The van der Waals surface area contributed by atoms with E-state index in [1.165, 1.54) is 13.0 Å². The van der Waals surface area contributed by atoms with Crippen LogP contribution in [-0.2, 0) is 11.3 Å². The van der Waals surface area contributed by atoms with E-state index in [-0.39, 0.29) is 16.7 Å². The standard InChI is InChI=1S/C15H14Cl2N2O2/c1-9(20)19-13-4-2-12(3-5-13)18-8-10-6-11(16)7-14(17)15(10)21/h2-7,18,21H,8H2,1H3,(H,19,20). The molecule has 21 heavy (non-hydrogen) atoms.